The van der Waals surface area contributed by atoms with Crippen molar-refractivity contribution in [2.24, 2.45) is 0 Å². The van der Waals surface area contributed by atoms with Crippen LogP contribution in [0, 0.1) is 20.8 Å². The monoisotopic (exact) mass is 1280 g/mol. The SMILES string of the molecule is C1CCOC1.CC(C)[PH+](c1ccccc1[PH+](C)c1ccccc1[PH+](C(C)C)C(C)C)C(C)C.CC(C)[PH+](c1ccccc1[PH+](C)c1ccccc1[PH+](C(C)C)C(C)C)C(C)C.Cc1cc(C)c([NH-])c(C)c1.[Cu+].[Cu][Br]. The molecule has 0 radical (unpaired) electrons. The molecule has 420 valence electrons. The molecule has 1 heterocycles. The van der Waals surface area contributed by atoms with Crippen LogP contribution >= 0.6 is 61.6 Å². The summed E-state index contributed by atoms with van der Waals surface area (Å²) in [5, 5.41) is 13.5. The summed E-state index contributed by atoms with van der Waals surface area (Å²) in [6, 6.07) is 41.9. The van der Waals surface area contributed by atoms with Crippen LogP contribution in [0.15, 0.2) is 109 Å². The Bertz CT molecular complexity index is 2020. The molecule has 11 heteroatoms. The number of halogens is 1. The summed E-state index contributed by atoms with van der Waals surface area (Å²) in [5.41, 5.74) is 17.7. The molecule has 0 bridgehead atoms. The molecule has 0 unspecified atom stereocenters. The van der Waals surface area contributed by atoms with E-state index in [1.165, 1.54) is 18.4 Å². The maximum absolute atomic E-state index is 7.54. The van der Waals surface area contributed by atoms with Gasteiger partial charge in [-0.25, -0.2) is 0 Å². The molecule has 0 amide bonds. The summed E-state index contributed by atoms with van der Waals surface area (Å²) >= 11 is 6.50. The van der Waals surface area contributed by atoms with E-state index in [4.69, 9.17) is 10.5 Å². The molecule has 1 fully saturated rings. The second-order valence-electron chi connectivity index (χ2n) is 22.6. The summed E-state index contributed by atoms with van der Waals surface area (Å²) in [6.45, 7) is 52.0. The zero-order valence-corrected chi connectivity index (χ0v) is 59.2. The van der Waals surface area contributed by atoms with Gasteiger partial charge < -0.3 is 10.5 Å². The molecule has 6 rings (SSSR count). The first-order chi connectivity index (χ1) is 34.4. The number of aryl methyl sites for hydroxylation is 3. The van der Waals surface area contributed by atoms with Crippen molar-refractivity contribution in [1.29, 1.82) is 0 Å². The molecule has 0 aliphatic carbocycles. The number of rotatable bonds is 16. The van der Waals surface area contributed by atoms with Crippen molar-refractivity contribution in [3.05, 3.63) is 132 Å². The van der Waals surface area contributed by atoms with Crippen LogP contribution < -0.4 is 42.4 Å². The van der Waals surface area contributed by atoms with Crippen LogP contribution in [0.1, 0.15) is 140 Å². The van der Waals surface area contributed by atoms with E-state index in [9.17, 15) is 0 Å². The van der Waals surface area contributed by atoms with Gasteiger partial charge in [-0.1, -0.05) is 77.4 Å². The zero-order chi connectivity index (χ0) is 55.3. The van der Waals surface area contributed by atoms with E-state index in [-0.39, 0.29) is 17.1 Å². The predicted octanol–water partition coefficient (Wildman–Crippen LogP) is 16.5. The van der Waals surface area contributed by atoms with Gasteiger partial charge in [0, 0.05) is 44.9 Å². The molecular weight excluding hydrogens is 1180 g/mol. The van der Waals surface area contributed by atoms with Crippen LogP contribution in [0.3, 0.4) is 0 Å². The molecule has 0 saturated carbocycles. The van der Waals surface area contributed by atoms with Gasteiger partial charge in [0.15, 0.2) is 0 Å². The Morgan fingerprint density at radius 1 is 0.392 bits per heavy atom. The number of hydrogen-bond acceptors (Lipinski definition) is 1. The van der Waals surface area contributed by atoms with Gasteiger partial charge in [0.05, 0.1) is 74.4 Å². The minimum atomic E-state index is -0.775. The summed E-state index contributed by atoms with van der Waals surface area (Å²) in [4.78, 5) is 0. The molecule has 2 nitrogen and oxygen atoms in total. The van der Waals surface area contributed by atoms with Gasteiger partial charge in [-0.05, 0) is 193 Å². The standard InChI is InChI=1S/2C25H39P3.C9H12N.C4H8O.BrH.2Cu/c2*1-18(2)27(19(3)4)24-16-12-10-14-22(24)26(9)23-15-11-13-17-25(23)28(20(5)6)21(7)8;1-6-4-7(2)9(10)8(3)5-6;1-2-4-5-3-1;;;/h2*10-21H,1-9H3;4-5,10H,1-3H3;1-4H2;1H;;/q;;-1;;;2*+1/p+5. The molecule has 74 heavy (non-hydrogen) atoms. The molecule has 5 aromatic rings. The van der Waals surface area contributed by atoms with Crippen molar-refractivity contribution in [2.45, 2.75) is 190 Å². The third-order valence-electron chi connectivity index (χ3n) is 14.0. The van der Waals surface area contributed by atoms with Crippen molar-refractivity contribution in [1.82, 2.24) is 0 Å². The second-order valence-corrected chi connectivity index (χ2v) is 42.3. The first kappa shape index (κ1) is 72.0. The van der Waals surface area contributed by atoms with Crippen molar-refractivity contribution in [3.8, 4) is 0 Å². The van der Waals surface area contributed by atoms with E-state index in [1.54, 1.807) is 42.4 Å². The van der Waals surface area contributed by atoms with Crippen LogP contribution in [0.4, 0.5) is 5.69 Å². The quantitative estimate of drug-likeness (QED) is 0.0716. The third kappa shape index (κ3) is 21.8. The van der Waals surface area contributed by atoms with Gasteiger partial charge in [-0.3, -0.25) is 0 Å². The summed E-state index contributed by atoms with van der Waals surface area (Å²) in [7, 11) is -3.82. The average Bonchev–Trinajstić information content (AvgIpc) is 3.92. The normalized spacial score (nSPS) is 12.6. The van der Waals surface area contributed by atoms with Crippen LogP contribution in [-0.2, 0) is 36.0 Å². The number of ether oxygens (including phenoxy) is 1. The third-order valence-corrected chi connectivity index (χ3v) is 34.2. The fraction of sp³-hybridized carbons (Fsp3) is 0.524. The minimum absolute atomic E-state index is 0. The maximum atomic E-state index is 7.54. The van der Waals surface area contributed by atoms with Gasteiger partial charge in [0.25, 0.3) is 0 Å². The summed E-state index contributed by atoms with van der Waals surface area (Å²) in [5.74, 6) is 0. The van der Waals surface area contributed by atoms with E-state index >= 15 is 0 Å². The summed E-state index contributed by atoms with van der Waals surface area (Å²) in [6.07, 6.45) is 2.56. The Kier molecular flexibility index (Phi) is 36.0. The van der Waals surface area contributed by atoms with E-state index in [2.05, 4.69) is 256 Å². The Hall–Kier alpha value is -0.0410. The molecule has 0 atom stereocenters. The molecule has 0 aromatic heterocycles. The predicted molar refractivity (Wildman–Crippen MR) is 359 cm³/mol. The fourth-order valence-electron chi connectivity index (χ4n) is 11.4. The van der Waals surface area contributed by atoms with Gasteiger partial charge in [-0.15, -0.1) is 5.69 Å². The fourth-order valence-corrected chi connectivity index (χ4v) is 32.3. The Morgan fingerprint density at radius 2 is 0.581 bits per heavy atom. The zero-order valence-electron chi connectivity index (χ0n) is 49.7. The van der Waals surface area contributed by atoms with E-state index < -0.39 is 47.5 Å². The van der Waals surface area contributed by atoms with Gasteiger partial charge in [0.2, 0.25) is 0 Å². The van der Waals surface area contributed by atoms with E-state index in [0.29, 0.717) is 5.69 Å². The van der Waals surface area contributed by atoms with Crippen LogP contribution in [0.25, 0.3) is 5.73 Å². The van der Waals surface area contributed by atoms with Crippen molar-refractivity contribution < 1.29 is 36.0 Å². The van der Waals surface area contributed by atoms with Gasteiger partial charge in [-0.2, -0.15) is 0 Å². The topological polar surface area (TPSA) is 33.0 Å². The molecule has 1 saturated heterocycles. The number of nitrogens with one attached hydrogen (secondary N) is 1. The van der Waals surface area contributed by atoms with Crippen molar-refractivity contribution >= 4 is 110 Å². The molecule has 1 aliphatic heterocycles. The van der Waals surface area contributed by atoms with Gasteiger partial charge in [0.1, 0.15) is 42.4 Å². The van der Waals surface area contributed by atoms with E-state index in [0.717, 1.165) is 69.6 Å². The summed E-state index contributed by atoms with van der Waals surface area (Å²) < 4.78 is 4.94. The Morgan fingerprint density at radius 3 is 0.743 bits per heavy atom. The van der Waals surface area contributed by atoms with Crippen LogP contribution in [0.2, 0.25) is 0 Å². The van der Waals surface area contributed by atoms with Crippen LogP contribution in [0.5, 0.6) is 0 Å². The Labute approximate surface area is 489 Å². The van der Waals surface area contributed by atoms with Gasteiger partial charge >= 0.3 is 45.4 Å². The second kappa shape index (κ2) is 37.1. The molecule has 0 spiro atoms. The van der Waals surface area contributed by atoms with Crippen LogP contribution in [-0.4, -0.2) is 71.8 Å². The number of benzene rings is 5. The number of hydrogen-bond donors (Lipinski definition) is 0. The molecule has 1 N–H and O–H groups in total. The van der Waals surface area contributed by atoms with E-state index in [1.807, 2.05) is 26.0 Å². The first-order valence-electron chi connectivity index (χ1n) is 27.5. The first-order valence-corrected chi connectivity index (χ1v) is 40.4. The average molecular weight is 1280 g/mol. The molecule has 1 aliphatic rings. The molecular formula is C63H104BrCu2NOP6+6. The Balaban J connectivity index is 0.000000556. The molecule has 5 aromatic carbocycles. The van der Waals surface area contributed by atoms with Crippen molar-refractivity contribution in [2.75, 3.05) is 26.5 Å². The van der Waals surface area contributed by atoms with Crippen molar-refractivity contribution in [3.63, 3.8) is 0 Å².